The van der Waals surface area contributed by atoms with Gasteiger partial charge in [-0.1, -0.05) is 6.42 Å². The van der Waals surface area contributed by atoms with E-state index < -0.39 is 0 Å². The van der Waals surface area contributed by atoms with Gasteiger partial charge in [-0.05, 0) is 44.1 Å². The summed E-state index contributed by atoms with van der Waals surface area (Å²) < 4.78 is 0. The normalized spacial score (nSPS) is 27.9. The van der Waals surface area contributed by atoms with Crippen LogP contribution in [0.2, 0.25) is 0 Å². The third kappa shape index (κ3) is 3.29. The van der Waals surface area contributed by atoms with E-state index in [1.807, 2.05) is 24.2 Å². The van der Waals surface area contributed by atoms with E-state index in [2.05, 4.69) is 33.6 Å². The molecular formula is C16H25N3S. The van der Waals surface area contributed by atoms with Crippen LogP contribution in [0.25, 0.3) is 0 Å². The van der Waals surface area contributed by atoms with Gasteiger partial charge < -0.3 is 10.2 Å². The Morgan fingerprint density at radius 3 is 2.60 bits per heavy atom. The fraction of sp³-hybridized carbons (Fsp3) is 0.688. The molecule has 0 amide bonds. The Morgan fingerprint density at radius 2 is 1.90 bits per heavy atom. The van der Waals surface area contributed by atoms with E-state index in [1.165, 1.54) is 50.9 Å². The lowest BCUT2D eigenvalue weighted by atomic mass is 10.0. The first-order valence-corrected chi connectivity index (χ1v) is 9.09. The maximum atomic E-state index is 4.10. The lowest BCUT2D eigenvalue weighted by Gasteiger charge is -2.36. The van der Waals surface area contributed by atoms with E-state index in [4.69, 9.17) is 0 Å². The maximum Gasteiger partial charge on any atom is 0.0397 e. The highest BCUT2D eigenvalue weighted by atomic mass is 32.2. The molecule has 1 saturated heterocycles. The number of pyridine rings is 1. The van der Waals surface area contributed by atoms with Crippen LogP contribution in [0.15, 0.2) is 24.5 Å². The molecule has 1 aromatic heterocycles. The number of piperidine rings is 1. The zero-order valence-electron chi connectivity index (χ0n) is 12.3. The van der Waals surface area contributed by atoms with Crippen LogP contribution in [0.1, 0.15) is 32.1 Å². The molecule has 2 aliphatic rings. The van der Waals surface area contributed by atoms with Gasteiger partial charge in [0.1, 0.15) is 0 Å². The summed E-state index contributed by atoms with van der Waals surface area (Å²) in [6.45, 7) is 2.33. The molecule has 2 heterocycles. The number of rotatable bonds is 4. The van der Waals surface area contributed by atoms with Gasteiger partial charge in [0.2, 0.25) is 0 Å². The van der Waals surface area contributed by atoms with Crippen molar-refractivity contribution in [2.45, 2.75) is 49.4 Å². The van der Waals surface area contributed by atoms with Gasteiger partial charge in [0.25, 0.3) is 0 Å². The van der Waals surface area contributed by atoms with Crippen molar-refractivity contribution in [3.8, 4) is 0 Å². The van der Waals surface area contributed by atoms with Gasteiger partial charge in [-0.3, -0.25) is 4.98 Å². The van der Waals surface area contributed by atoms with Gasteiger partial charge in [-0.2, -0.15) is 11.8 Å². The molecule has 110 valence electrons. The van der Waals surface area contributed by atoms with E-state index in [0.29, 0.717) is 6.04 Å². The smallest absolute Gasteiger partial charge is 0.0397 e. The number of aromatic nitrogens is 1. The van der Waals surface area contributed by atoms with Crippen LogP contribution < -0.4 is 10.2 Å². The quantitative estimate of drug-likeness (QED) is 0.923. The van der Waals surface area contributed by atoms with Gasteiger partial charge >= 0.3 is 0 Å². The Bertz CT molecular complexity index is 403. The van der Waals surface area contributed by atoms with Crippen LogP contribution in [-0.2, 0) is 0 Å². The minimum Gasteiger partial charge on any atom is -0.371 e. The lowest BCUT2D eigenvalue weighted by Crippen LogP contribution is -2.47. The van der Waals surface area contributed by atoms with Crippen LogP contribution >= 0.6 is 11.8 Å². The summed E-state index contributed by atoms with van der Waals surface area (Å²) in [7, 11) is 0. The predicted molar refractivity (Wildman–Crippen MR) is 87.5 cm³/mol. The second-order valence-electron chi connectivity index (χ2n) is 5.94. The molecule has 2 unspecified atom stereocenters. The molecular weight excluding hydrogens is 266 g/mol. The Labute approximate surface area is 126 Å². The number of nitrogens with one attached hydrogen (secondary N) is 1. The summed E-state index contributed by atoms with van der Waals surface area (Å²) in [4.78, 5) is 6.59. The van der Waals surface area contributed by atoms with Crippen molar-refractivity contribution < 1.29 is 0 Å². The number of thioether (sulfide) groups is 1. The first-order chi connectivity index (χ1) is 9.86. The highest BCUT2D eigenvalue weighted by molar-refractivity contribution is 7.99. The van der Waals surface area contributed by atoms with Crippen molar-refractivity contribution in [2.24, 2.45) is 0 Å². The Balaban J connectivity index is 1.49. The van der Waals surface area contributed by atoms with Gasteiger partial charge in [-0.15, -0.1) is 0 Å². The van der Waals surface area contributed by atoms with Crippen LogP contribution in [0.4, 0.5) is 5.69 Å². The van der Waals surface area contributed by atoms with Crippen molar-refractivity contribution in [2.75, 3.05) is 24.2 Å². The topological polar surface area (TPSA) is 28.2 Å². The molecule has 3 rings (SSSR count). The standard InChI is InChI=1S/C16H25N3S/c1-20-16-4-2-3-15(16)18-13-7-11-19(12-8-13)14-5-9-17-10-6-14/h5-6,9-10,13,15-16,18H,2-4,7-8,11-12H2,1H3. The molecule has 20 heavy (non-hydrogen) atoms. The molecule has 3 nitrogen and oxygen atoms in total. The van der Waals surface area contributed by atoms with Crippen molar-refractivity contribution >= 4 is 17.4 Å². The van der Waals surface area contributed by atoms with Gasteiger partial charge in [0.05, 0.1) is 0 Å². The van der Waals surface area contributed by atoms with Crippen LogP contribution in [0.3, 0.4) is 0 Å². The van der Waals surface area contributed by atoms with Crippen LogP contribution in [0, 0.1) is 0 Å². The Hall–Kier alpha value is -0.740. The molecule has 0 bridgehead atoms. The summed E-state index contributed by atoms with van der Waals surface area (Å²) in [6, 6.07) is 5.71. The third-order valence-corrected chi connectivity index (χ3v) is 5.90. The molecule has 0 spiro atoms. The van der Waals surface area contributed by atoms with E-state index in [0.717, 1.165) is 11.3 Å². The summed E-state index contributed by atoms with van der Waals surface area (Å²) in [5.41, 5.74) is 1.32. The molecule has 0 aromatic carbocycles. The predicted octanol–water partition coefficient (Wildman–Crippen LogP) is 2.92. The zero-order chi connectivity index (χ0) is 13.8. The largest absolute Gasteiger partial charge is 0.371 e. The molecule has 0 radical (unpaired) electrons. The second kappa shape index (κ2) is 6.81. The molecule has 1 N–H and O–H groups in total. The fourth-order valence-corrected chi connectivity index (χ4v) is 4.51. The molecule has 1 aliphatic heterocycles. The monoisotopic (exact) mass is 291 g/mol. The third-order valence-electron chi connectivity index (χ3n) is 4.73. The van der Waals surface area contributed by atoms with E-state index in [-0.39, 0.29) is 0 Å². The fourth-order valence-electron chi connectivity index (χ4n) is 3.56. The molecule has 1 aliphatic carbocycles. The summed E-state index contributed by atoms with van der Waals surface area (Å²) in [5.74, 6) is 0. The summed E-state index contributed by atoms with van der Waals surface area (Å²) in [6.07, 6.45) is 12.7. The minimum atomic E-state index is 0.714. The first-order valence-electron chi connectivity index (χ1n) is 7.80. The number of hydrogen-bond donors (Lipinski definition) is 1. The van der Waals surface area contributed by atoms with Gasteiger partial charge in [-0.25, -0.2) is 0 Å². The Kier molecular flexibility index (Phi) is 4.84. The molecule has 2 fully saturated rings. The van der Waals surface area contributed by atoms with Crippen molar-refractivity contribution in [1.29, 1.82) is 0 Å². The molecule has 1 saturated carbocycles. The van der Waals surface area contributed by atoms with E-state index >= 15 is 0 Å². The SMILES string of the molecule is CSC1CCCC1NC1CCN(c2ccncc2)CC1. The van der Waals surface area contributed by atoms with Crippen molar-refractivity contribution in [3.05, 3.63) is 24.5 Å². The first kappa shape index (κ1) is 14.2. The second-order valence-corrected chi connectivity index (χ2v) is 7.02. The number of hydrogen-bond acceptors (Lipinski definition) is 4. The zero-order valence-corrected chi connectivity index (χ0v) is 13.1. The summed E-state index contributed by atoms with van der Waals surface area (Å²) in [5, 5.41) is 4.77. The number of anilines is 1. The number of nitrogens with zero attached hydrogens (tertiary/aromatic N) is 2. The van der Waals surface area contributed by atoms with Crippen LogP contribution in [-0.4, -0.2) is 41.7 Å². The minimum absolute atomic E-state index is 0.714. The average molecular weight is 291 g/mol. The average Bonchev–Trinajstić information content (AvgIpc) is 2.96. The van der Waals surface area contributed by atoms with Crippen molar-refractivity contribution in [1.82, 2.24) is 10.3 Å². The molecule has 2 atom stereocenters. The highest BCUT2D eigenvalue weighted by Gasteiger charge is 2.29. The Morgan fingerprint density at radius 1 is 1.15 bits per heavy atom. The molecule has 1 aromatic rings. The van der Waals surface area contributed by atoms with Crippen LogP contribution in [0.5, 0.6) is 0 Å². The van der Waals surface area contributed by atoms with E-state index in [9.17, 15) is 0 Å². The van der Waals surface area contributed by atoms with E-state index in [1.54, 1.807) is 0 Å². The van der Waals surface area contributed by atoms with Gasteiger partial charge in [0.15, 0.2) is 0 Å². The molecule has 4 heteroatoms. The summed E-state index contributed by atoms with van der Waals surface area (Å²) >= 11 is 2.05. The van der Waals surface area contributed by atoms with Gasteiger partial charge in [0, 0.05) is 48.5 Å². The van der Waals surface area contributed by atoms with Crippen molar-refractivity contribution in [3.63, 3.8) is 0 Å². The highest BCUT2D eigenvalue weighted by Crippen LogP contribution is 2.29. The maximum absolute atomic E-state index is 4.10. The lowest BCUT2D eigenvalue weighted by molar-refractivity contribution is 0.370.